The predicted molar refractivity (Wildman–Crippen MR) is 167 cm³/mol. The number of aromatic nitrogens is 1. The first kappa shape index (κ1) is 32.2. The minimum atomic E-state index is -4.88. The van der Waals surface area contributed by atoms with Crippen molar-refractivity contribution in [3.63, 3.8) is 0 Å². The minimum Gasteiger partial charge on any atom is -0.367 e. The summed E-state index contributed by atoms with van der Waals surface area (Å²) in [6, 6.07) is 14.0. The van der Waals surface area contributed by atoms with E-state index in [0.29, 0.717) is 63.1 Å². The number of likely N-dealkylation sites (N-methyl/N-ethyl adjacent to an activating group) is 1. The largest absolute Gasteiger partial charge is 0.417 e. The van der Waals surface area contributed by atoms with Gasteiger partial charge in [0.05, 0.1) is 22.5 Å². The number of anilines is 2. The van der Waals surface area contributed by atoms with Gasteiger partial charge in [-0.25, -0.2) is 0 Å². The number of amides is 2. The molecule has 5 rings (SSSR count). The van der Waals surface area contributed by atoms with E-state index in [0.717, 1.165) is 49.1 Å². The molecular formula is C32H38F3N7O3. The summed E-state index contributed by atoms with van der Waals surface area (Å²) in [5, 5.41) is 2.72. The Hall–Kier alpha value is -4.20. The first-order valence-electron chi connectivity index (χ1n) is 15.0. The predicted octanol–water partition coefficient (Wildman–Crippen LogP) is 3.06. The number of halogens is 3. The Morgan fingerprint density at radius 1 is 0.933 bits per heavy atom. The molecule has 0 unspecified atom stereocenters. The number of nitrogens with two attached hydrogens (primary N) is 1. The van der Waals surface area contributed by atoms with Crippen LogP contribution in [0.1, 0.15) is 27.9 Å². The number of nitrogens with zero attached hydrogens (tertiary/aromatic N) is 4. The number of hydrogen-bond donors (Lipinski definition) is 3. The molecule has 2 aliphatic heterocycles. The topological polar surface area (TPSA) is 118 Å². The molecule has 0 bridgehead atoms. The van der Waals surface area contributed by atoms with Gasteiger partial charge in [-0.2, -0.15) is 13.2 Å². The van der Waals surface area contributed by atoms with Crippen LogP contribution in [0.15, 0.2) is 59.5 Å². The van der Waals surface area contributed by atoms with Crippen molar-refractivity contribution in [2.24, 2.45) is 5.73 Å². The Balaban J connectivity index is 1.40. The summed E-state index contributed by atoms with van der Waals surface area (Å²) < 4.78 is 41.2. The minimum absolute atomic E-state index is 0.0808. The average molecular weight is 626 g/mol. The maximum absolute atomic E-state index is 13.7. The van der Waals surface area contributed by atoms with Crippen molar-refractivity contribution >= 4 is 23.2 Å². The molecule has 2 aromatic carbocycles. The number of pyridine rings is 1. The smallest absolute Gasteiger partial charge is 0.367 e. The molecule has 2 aliphatic rings. The Bertz CT molecular complexity index is 1580. The van der Waals surface area contributed by atoms with Crippen LogP contribution in [-0.4, -0.2) is 97.4 Å². The maximum atomic E-state index is 13.7. The zero-order chi connectivity index (χ0) is 32.1. The molecule has 0 atom stereocenters. The number of carbonyl (C=O) groups excluding carboxylic acids is 2. The highest BCUT2D eigenvalue weighted by molar-refractivity contribution is 6.07. The maximum Gasteiger partial charge on any atom is 0.417 e. The van der Waals surface area contributed by atoms with Gasteiger partial charge in [0.15, 0.2) is 0 Å². The fraction of sp³-hybridized carbons (Fsp3) is 0.406. The number of hydrogen-bond acceptors (Lipinski definition) is 7. The monoisotopic (exact) mass is 625 g/mol. The number of nitrogens with one attached hydrogen (secondary N) is 2. The van der Waals surface area contributed by atoms with Crippen molar-refractivity contribution < 1.29 is 22.8 Å². The van der Waals surface area contributed by atoms with Crippen LogP contribution in [0.5, 0.6) is 0 Å². The van der Waals surface area contributed by atoms with E-state index in [1.165, 1.54) is 0 Å². The molecule has 0 radical (unpaired) electrons. The van der Waals surface area contributed by atoms with Gasteiger partial charge in [0, 0.05) is 84.1 Å². The lowest BCUT2D eigenvalue weighted by atomic mass is 10.0. The van der Waals surface area contributed by atoms with Crippen LogP contribution in [0.2, 0.25) is 0 Å². The van der Waals surface area contributed by atoms with Gasteiger partial charge in [0.25, 0.3) is 5.91 Å². The first-order valence-corrected chi connectivity index (χ1v) is 15.0. The van der Waals surface area contributed by atoms with Gasteiger partial charge >= 0.3 is 6.18 Å². The molecule has 3 aromatic rings. The van der Waals surface area contributed by atoms with Gasteiger partial charge in [-0.05, 0) is 41.9 Å². The number of benzene rings is 2. The fourth-order valence-electron chi connectivity index (χ4n) is 5.77. The molecule has 0 spiro atoms. The van der Waals surface area contributed by atoms with Crippen molar-refractivity contribution in [3.05, 3.63) is 81.8 Å². The molecule has 0 aliphatic carbocycles. The third kappa shape index (κ3) is 7.91. The molecule has 3 heterocycles. The number of rotatable bonds is 8. The quantitative estimate of drug-likeness (QED) is 0.352. The van der Waals surface area contributed by atoms with E-state index in [2.05, 4.69) is 31.1 Å². The van der Waals surface area contributed by atoms with Gasteiger partial charge in [-0.1, -0.05) is 24.3 Å². The zero-order valence-corrected chi connectivity index (χ0v) is 25.2. The van der Waals surface area contributed by atoms with Crippen LogP contribution in [0.3, 0.4) is 0 Å². The highest BCUT2D eigenvalue weighted by Crippen LogP contribution is 2.35. The summed E-state index contributed by atoms with van der Waals surface area (Å²) in [5.41, 5.74) is 6.47. The average Bonchev–Trinajstić information content (AvgIpc) is 3.01. The Morgan fingerprint density at radius 2 is 1.64 bits per heavy atom. The summed E-state index contributed by atoms with van der Waals surface area (Å²) in [6.07, 6.45) is -3.72. The molecule has 240 valence electrons. The van der Waals surface area contributed by atoms with Crippen molar-refractivity contribution in [1.29, 1.82) is 0 Å². The van der Waals surface area contributed by atoms with E-state index < -0.39 is 28.8 Å². The molecule has 1 aromatic heterocycles. The second-order valence-electron chi connectivity index (χ2n) is 11.5. The summed E-state index contributed by atoms with van der Waals surface area (Å²) >= 11 is 0. The molecule has 4 N–H and O–H groups in total. The summed E-state index contributed by atoms with van der Waals surface area (Å²) in [5.74, 6) is -0.888. The molecular weight excluding hydrogens is 587 g/mol. The number of H-pyrrole nitrogens is 1. The highest BCUT2D eigenvalue weighted by Gasteiger charge is 2.36. The van der Waals surface area contributed by atoms with Crippen molar-refractivity contribution in [2.75, 3.05) is 76.2 Å². The van der Waals surface area contributed by atoms with Crippen LogP contribution in [0, 0.1) is 0 Å². The lowest BCUT2D eigenvalue weighted by Gasteiger charge is -2.35. The zero-order valence-electron chi connectivity index (χ0n) is 25.2. The van der Waals surface area contributed by atoms with Crippen LogP contribution >= 0.6 is 0 Å². The molecule has 0 saturated carbocycles. The van der Waals surface area contributed by atoms with Crippen LogP contribution in [0.25, 0.3) is 11.1 Å². The lowest BCUT2D eigenvalue weighted by molar-refractivity contribution is -0.138. The van der Waals surface area contributed by atoms with E-state index in [1.54, 1.807) is 6.07 Å². The molecule has 2 saturated heterocycles. The van der Waals surface area contributed by atoms with E-state index in [9.17, 15) is 27.6 Å². The van der Waals surface area contributed by atoms with Crippen molar-refractivity contribution in [2.45, 2.75) is 19.1 Å². The Morgan fingerprint density at radius 3 is 2.33 bits per heavy atom. The van der Waals surface area contributed by atoms with Crippen molar-refractivity contribution in [3.8, 4) is 11.1 Å². The summed E-state index contributed by atoms with van der Waals surface area (Å²) in [4.78, 5) is 47.8. The van der Waals surface area contributed by atoms with Crippen LogP contribution < -0.4 is 21.5 Å². The molecule has 2 fully saturated rings. The first-order chi connectivity index (χ1) is 21.5. The van der Waals surface area contributed by atoms with Gasteiger partial charge in [-0.15, -0.1) is 0 Å². The molecule has 10 nitrogen and oxygen atoms in total. The second kappa shape index (κ2) is 13.8. The summed E-state index contributed by atoms with van der Waals surface area (Å²) in [7, 11) is 2.02. The van der Waals surface area contributed by atoms with Gasteiger partial charge in [-0.3, -0.25) is 19.3 Å². The number of alkyl halides is 3. The second-order valence-corrected chi connectivity index (χ2v) is 11.5. The van der Waals surface area contributed by atoms with E-state index >= 15 is 0 Å². The van der Waals surface area contributed by atoms with E-state index in [-0.39, 0.29) is 5.91 Å². The number of aromatic amines is 1. The Labute approximate surface area is 259 Å². The van der Waals surface area contributed by atoms with Crippen LogP contribution in [0.4, 0.5) is 24.5 Å². The SMILES string of the molecule is CN1CCN(c2ccc(-c3cccc(CN4CCN(C(=O)CCN)CC4)c3)cc2NC(=O)c2c[nH]c(=O)cc2C(F)(F)F)CC1. The fourth-order valence-corrected chi connectivity index (χ4v) is 5.77. The highest BCUT2D eigenvalue weighted by atomic mass is 19.4. The van der Waals surface area contributed by atoms with Gasteiger partial charge < -0.3 is 30.7 Å². The normalized spacial score (nSPS) is 16.6. The van der Waals surface area contributed by atoms with E-state index in [1.807, 2.05) is 42.3 Å². The van der Waals surface area contributed by atoms with Gasteiger partial charge in [0.1, 0.15) is 0 Å². The van der Waals surface area contributed by atoms with E-state index in [4.69, 9.17) is 5.73 Å². The van der Waals surface area contributed by atoms with Crippen LogP contribution in [-0.2, 0) is 17.5 Å². The molecule has 45 heavy (non-hydrogen) atoms. The number of piperazine rings is 2. The molecule has 13 heteroatoms. The van der Waals surface area contributed by atoms with Crippen molar-refractivity contribution in [1.82, 2.24) is 19.7 Å². The standard InChI is InChI=1S/C32H38F3N7O3/c1-39-9-13-41(14-10-39)28-6-5-24(18-27(28)38-31(45)25-20-37-29(43)19-26(25)32(33,34)35)23-4-2-3-22(17-23)21-40-11-15-42(16-12-40)30(44)7-8-36/h2-6,17-20H,7-16,21,36H2,1H3,(H,37,43)(H,38,45). The van der Waals surface area contributed by atoms with Gasteiger partial charge in [0.2, 0.25) is 11.5 Å². The lowest BCUT2D eigenvalue weighted by Crippen LogP contribution is -2.48. The third-order valence-corrected chi connectivity index (χ3v) is 8.31. The summed E-state index contributed by atoms with van der Waals surface area (Å²) in [6.45, 7) is 6.81. The molecule has 2 amide bonds. The third-order valence-electron chi connectivity index (χ3n) is 8.31. The number of carbonyl (C=O) groups is 2. The Kier molecular flexibility index (Phi) is 9.90.